The Labute approximate surface area is 157 Å². The average Bonchev–Trinajstić information content (AvgIpc) is 2.97. The molecule has 0 saturated heterocycles. The number of carbonyl (C=O) groups is 1. The minimum Gasteiger partial charge on any atom is -0.496 e. The van der Waals surface area contributed by atoms with Crippen LogP contribution in [-0.2, 0) is 0 Å². The van der Waals surface area contributed by atoms with Crippen molar-refractivity contribution in [1.82, 2.24) is 4.98 Å². The highest BCUT2D eigenvalue weighted by atomic mass is 32.1. The maximum atomic E-state index is 12.5. The van der Waals surface area contributed by atoms with Crippen LogP contribution in [0.1, 0.15) is 31.9 Å². The summed E-state index contributed by atoms with van der Waals surface area (Å²) < 4.78 is 5.32. The summed E-state index contributed by atoms with van der Waals surface area (Å²) in [6.45, 7) is 8.05. The third kappa shape index (κ3) is 3.63. The van der Waals surface area contributed by atoms with Crippen LogP contribution >= 0.6 is 11.3 Å². The molecule has 0 aliphatic heterocycles. The molecule has 3 rings (SSSR count). The molecule has 0 aliphatic rings. The fourth-order valence-corrected chi connectivity index (χ4v) is 3.63. The lowest BCUT2D eigenvalue weighted by molar-refractivity contribution is 0.102. The number of rotatable bonds is 4. The average molecular weight is 366 g/mol. The molecule has 4 nitrogen and oxygen atoms in total. The number of anilines is 1. The number of hydrogen-bond acceptors (Lipinski definition) is 4. The van der Waals surface area contributed by atoms with Crippen LogP contribution < -0.4 is 10.1 Å². The SMILES string of the molecule is COc1ccc(-c2nc(NC(=O)c3ccc(C)c(C)c3)sc2C)cc1C. The molecule has 3 aromatic rings. The summed E-state index contributed by atoms with van der Waals surface area (Å²) in [4.78, 5) is 18.2. The second-order valence-electron chi connectivity index (χ2n) is 6.36. The molecule has 134 valence electrons. The molecule has 26 heavy (non-hydrogen) atoms. The number of benzene rings is 2. The van der Waals surface area contributed by atoms with Gasteiger partial charge in [-0.3, -0.25) is 10.1 Å². The van der Waals surface area contributed by atoms with Gasteiger partial charge in [0.1, 0.15) is 5.75 Å². The molecule has 1 aromatic heterocycles. The van der Waals surface area contributed by atoms with Gasteiger partial charge in [0, 0.05) is 16.0 Å². The maximum Gasteiger partial charge on any atom is 0.257 e. The van der Waals surface area contributed by atoms with Crippen LogP contribution in [-0.4, -0.2) is 18.0 Å². The number of ether oxygens (including phenoxy) is 1. The second kappa shape index (κ2) is 7.30. The van der Waals surface area contributed by atoms with Crippen molar-refractivity contribution in [3.05, 3.63) is 63.5 Å². The smallest absolute Gasteiger partial charge is 0.257 e. The van der Waals surface area contributed by atoms with Gasteiger partial charge < -0.3 is 4.74 Å². The number of thiazole rings is 1. The van der Waals surface area contributed by atoms with Gasteiger partial charge in [0.2, 0.25) is 0 Å². The molecule has 0 aliphatic carbocycles. The lowest BCUT2D eigenvalue weighted by Crippen LogP contribution is -2.12. The third-order valence-electron chi connectivity index (χ3n) is 4.45. The van der Waals surface area contributed by atoms with Crippen molar-refractivity contribution >= 4 is 22.4 Å². The molecule has 1 N–H and O–H groups in total. The van der Waals surface area contributed by atoms with Crippen molar-refractivity contribution < 1.29 is 9.53 Å². The van der Waals surface area contributed by atoms with Gasteiger partial charge in [0.05, 0.1) is 12.8 Å². The van der Waals surface area contributed by atoms with Crippen LogP contribution in [0.2, 0.25) is 0 Å². The summed E-state index contributed by atoms with van der Waals surface area (Å²) in [5.41, 5.74) is 5.87. The summed E-state index contributed by atoms with van der Waals surface area (Å²) >= 11 is 1.48. The normalized spacial score (nSPS) is 10.7. The Balaban J connectivity index is 1.85. The molecule has 0 bridgehead atoms. The molecule has 0 saturated carbocycles. The molecular weight excluding hydrogens is 344 g/mol. The summed E-state index contributed by atoms with van der Waals surface area (Å²) in [7, 11) is 1.66. The van der Waals surface area contributed by atoms with E-state index in [1.165, 1.54) is 16.9 Å². The van der Waals surface area contributed by atoms with Crippen molar-refractivity contribution in [2.24, 2.45) is 0 Å². The largest absolute Gasteiger partial charge is 0.496 e. The predicted molar refractivity (Wildman–Crippen MR) is 107 cm³/mol. The Hall–Kier alpha value is -2.66. The highest BCUT2D eigenvalue weighted by molar-refractivity contribution is 7.16. The monoisotopic (exact) mass is 366 g/mol. The van der Waals surface area contributed by atoms with Crippen LogP contribution in [0, 0.1) is 27.7 Å². The van der Waals surface area contributed by atoms with Crippen molar-refractivity contribution in [2.45, 2.75) is 27.7 Å². The molecule has 5 heteroatoms. The summed E-state index contributed by atoms with van der Waals surface area (Å²) in [6, 6.07) is 11.7. The lowest BCUT2D eigenvalue weighted by atomic mass is 10.1. The van der Waals surface area contributed by atoms with Crippen molar-refractivity contribution in [1.29, 1.82) is 0 Å². The fraction of sp³-hybridized carbons (Fsp3) is 0.238. The number of nitrogens with one attached hydrogen (secondary N) is 1. The topological polar surface area (TPSA) is 51.2 Å². The van der Waals surface area contributed by atoms with Gasteiger partial charge in [-0.25, -0.2) is 4.98 Å². The molecule has 2 aromatic carbocycles. The van der Waals surface area contributed by atoms with Crippen LogP contribution in [0.3, 0.4) is 0 Å². The Morgan fingerprint density at radius 3 is 2.42 bits per heavy atom. The Kier molecular flexibility index (Phi) is 5.09. The van der Waals surface area contributed by atoms with E-state index >= 15 is 0 Å². The first-order valence-electron chi connectivity index (χ1n) is 8.40. The Morgan fingerprint density at radius 2 is 1.77 bits per heavy atom. The van der Waals surface area contributed by atoms with Crippen LogP contribution in [0.4, 0.5) is 5.13 Å². The zero-order valence-electron chi connectivity index (χ0n) is 15.6. The minimum atomic E-state index is -0.140. The first kappa shape index (κ1) is 18.1. The van der Waals surface area contributed by atoms with Crippen molar-refractivity contribution in [3.63, 3.8) is 0 Å². The van der Waals surface area contributed by atoms with E-state index in [0.29, 0.717) is 10.7 Å². The number of methoxy groups -OCH3 is 1. The fourth-order valence-electron chi connectivity index (χ4n) is 2.80. The third-order valence-corrected chi connectivity index (χ3v) is 5.34. The molecule has 0 atom stereocenters. The second-order valence-corrected chi connectivity index (χ2v) is 7.56. The molecular formula is C21H22N2O2S. The van der Waals surface area contributed by atoms with E-state index in [9.17, 15) is 4.79 Å². The Morgan fingerprint density at radius 1 is 1.00 bits per heavy atom. The quantitative estimate of drug-likeness (QED) is 0.681. The molecule has 1 amide bonds. The van der Waals surface area contributed by atoms with Gasteiger partial charge in [-0.2, -0.15) is 0 Å². The standard InChI is InChI=1S/C21H22N2O2S/c1-12-6-7-17(10-13(12)2)20(24)23-21-22-19(15(4)26-21)16-8-9-18(25-5)14(3)11-16/h6-11H,1-5H3,(H,22,23,24). The van der Waals surface area contributed by atoms with E-state index in [4.69, 9.17) is 4.74 Å². The van der Waals surface area contributed by atoms with Crippen LogP contribution in [0.25, 0.3) is 11.3 Å². The van der Waals surface area contributed by atoms with Gasteiger partial charge in [0.15, 0.2) is 5.13 Å². The van der Waals surface area contributed by atoms with E-state index in [-0.39, 0.29) is 5.91 Å². The van der Waals surface area contributed by atoms with Gasteiger partial charge in [0.25, 0.3) is 5.91 Å². The van der Waals surface area contributed by atoms with Gasteiger partial charge in [-0.05, 0) is 74.7 Å². The van der Waals surface area contributed by atoms with Gasteiger partial charge >= 0.3 is 0 Å². The zero-order chi connectivity index (χ0) is 18.8. The summed E-state index contributed by atoms with van der Waals surface area (Å²) in [5.74, 6) is 0.712. The molecule has 0 spiro atoms. The minimum absolute atomic E-state index is 0.140. The van der Waals surface area contributed by atoms with E-state index < -0.39 is 0 Å². The van der Waals surface area contributed by atoms with E-state index in [1.807, 2.05) is 58.0 Å². The number of carbonyl (C=O) groups excluding carboxylic acids is 1. The van der Waals surface area contributed by atoms with Crippen LogP contribution in [0.15, 0.2) is 36.4 Å². The number of amides is 1. The Bertz CT molecular complexity index is 976. The lowest BCUT2D eigenvalue weighted by Gasteiger charge is -2.06. The molecule has 1 heterocycles. The van der Waals surface area contributed by atoms with Gasteiger partial charge in [-0.15, -0.1) is 11.3 Å². The van der Waals surface area contributed by atoms with E-state index in [2.05, 4.69) is 16.4 Å². The van der Waals surface area contributed by atoms with Crippen LogP contribution in [0.5, 0.6) is 5.75 Å². The highest BCUT2D eigenvalue weighted by Gasteiger charge is 2.14. The number of aryl methyl sites for hydroxylation is 4. The molecule has 0 radical (unpaired) electrons. The maximum absolute atomic E-state index is 12.5. The summed E-state index contributed by atoms with van der Waals surface area (Å²) in [5, 5.41) is 3.52. The summed E-state index contributed by atoms with van der Waals surface area (Å²) in [6.07, 6.45) is 0. The number of hydrogen-bond donors (Lipinski definition) is 1. The number of nitrogens with zero attached hydrogens (tertiary/aromatic N) is 1. The molecule has 0 fully saturated rings. The first-order chi connectivity index (χ1) is 12.4. The predicted octanol–water partition coefficient (Wildman–Crippen LogP) is 5.30. The van der Waals surface area contributed by atoms with Crippen molar-refractivity contribution in [2.75, 3.05) is 12.4 Å². The zero-order valence-corrected chi connectivity index (χ0v) is 16.5. The van der Waals surface area contributed by atoms with E-state index in [0.717, 1.165) is 33.0 Å². The van der Waals surface area contributed by atoms with Gasteiger partial charge in [-0.1, -0.05) is 6.07 Å². The highest BCUT2D eigenvalue weighted by Crippen LogP contribution is 2.33. The van der Waals surface area contributed by atoms with E-state index in [1.54, 1.807) is 7.11 Å². The van der Waals surface area contributed by atoms with Crippen molar-refractivity contribution in [3.8, 4) is 17.0 Å². The molecule has 0 unspecified atom stereocenters. The number of aromatic nitrogens is 1. The first-order valence-corrected chi connectivity index (χ1v) is 9.21.